The molecule has 0 saturated heterocycles. The summed E-state index contributed by atoms with van der Waals surface area (Å²) < 4.78 is 0. The van der Waals surface area contributed by atoms with Crippen LogP contribution in [-0.4, -0.2) is 11.7 Å². The summed E-state index contributed by atoms with van der Waals surface area (Å²) in [6, 6.07) is 3.75. The number of anilines is 1. The van der Waals surface area contributed by atoms with E-state index in [0.717, 1.165) is 17.8 Å². The lowest BCUT2D eigenvalue weighted by Crippen LogP contribution is -1.98. The summed E-state index contributed by atoms with van der Waals surface area (Å²) in [4.78, 5) is 0. The maximum absolute atomic E-state index is 9.41. The van der Waals surface area contributed by atoms with Crippen LogP contribution in [0, 0.1) is 13.8 Å². The predicted molar refractivity (Wildman–Crippen MR) is 51.7 cm³/mol. The van der Waals surface area contributed by atoms with Crippen LogP contribution in [-0.2, 0) is 0 Å². The van der Waals surface area contributed by atoms with E-state index in [-0.39, 0.29) is 0 Å². The van der Waals surface area contributed by atoms with Crippen molar-refractivity contribution in [1.29, 1.82) is 0 Å². The van der Waals surface area contributed by atoms with E-state index in [1.165, 1.54) is 5.56 Å². The average Bonchev–Trinajstić information content (AvgIpc) is 2.01. The first-order chi connectivity index (χ1) is 5.65. The molecule has 0 amide bonds. The zero-order valence-electron chi connectivity index (χ0n) is 7.81. The fourth-order valence-corrected chi connectivity index (χ4v) is 1.22. The van der Waals surface area contributed by atoms with Crippen LogP contribution < -0.4 is 5.32 Å². The maximum atomic E-state index is 9.41. The summed E-state index contributed by atoms with van der Waals surface area (Å²) in [5, 5.41) is 12.6. The van der Waals surface area contributed by atoms with Crippen molar-refractivity contribution in [2.24, 2.45) is 0 Å². The summed E-state index contributed by atoms with van der Waals surface area (Å²) in [6.07, 6.45) is 0. The quantitative estimate of drug-likeness (QED) is 0.705. The van der Waals surface area contributed by atoms with E-state index in [1.54, 1.807) is 6.07 Å². The Morgan fingerprint density at radius 3 is 2.50 bits per heavy atom. The number of aryl methyl sites for hydroxylation is 2. The molecule has 12 heavy (non-hydrogen) atoms. The van der Waals surface area contributed by atoms with Crippen LogP contribution in [0.4, 0.5) is 5.69 Å². The predicted octanol–water partition coefficient (Wildman–Crippen LogP) is 2.44. The van der Waals surface area contributed by atoms with Gasteiger partial charge in [0.25, 0.3) is 0 Å². The van der Waals surface area contributed by atoms with Crippen molar-refractivity contribution in [3.63, 3.8) is 0 Å². The molecule has 0 aliphatic heterocycles. The normalized spacial score (nSPS) is 9.92. The van der Waals surface area contributed by atoms with Crippen LogP contribution >= 0.6 is 0 Å². The highest BCUT2D eigenvalue weighted by molar-refractivity contribution is 5.56. The molecule has 0 saturated carbocycles. The number of phenols is 1. The standard InChI is InChI=1S/C10H15NO/c1-4-11-9-6-10(12)8(3)5-7(9)2/h5-6,11-12H,4H2,1-3H3. The zero-order valence-corrected chi connectivity index (χ0v) is 7.81. The molecule has 2 heteroatoms. The third kappa shape index (κ3) is 1.70. The van der Waals surface area contributed by atoms with Crippen LogP contribution in [0.25, 0.3) is 0 Å². The largest absolute Gasteiger partial charge is 0.508 e. The van der Waals surface area contributed by atoms with Gasteiger partial charge in [-0.15, -0.1) is 0 Å². The molecule has 0 aliphatic rings. The molecule has 0 radical (unpaired) electrons. The van der Waals surface area contributed by atoms with Crippen molar-refractivity contribution in [2.45, 2.75) is 20.8 Å². The van der Waals surface area contributed by atoms with E-state index in [9.17, 15) is 5.11 Å². The van der Waals surface area contributed by atoms with E-state index in [4.69, 9.17) is 0 Å². The van der Waals surface area contributed by atoms with Gasteiger partial charge in [0, 0.05) is 18.3 Å². The third-order valence-corrected chi connectivity index (χ3v) is 1.91. The van der Waals surface area contributed by atoms with E-state index in [1.807, 2.05) is 26.8 Å². The first-order valence-corrected chi connectivity index (χ1v) is 4.19. The van der Waals surface area contributed by atoms with Gasteiger partial charge < -0.3 is 10.4 Å². The minimum Gasteiger partial charge on any atom is -0.508 e. The molecule has 0 aromatic heterocycles. The monoisotopic (exact) mass is 165 g/mol. The minimum absolute atomic E-state index is 0.358. The Balaban J connectivity index is 3.05. The highest BCUT2D eigenvalue weighted by atomic mass is 16.3. The molecule has 66 valence electrons. The van der Waals surface area contributed by atoms with Crippen LogP contribution in [0.15, 0.2) is 12.1 Å². The molecule has 0 aliphatic carbocycles. The van der Waals surface area contributed by atoms with Gasteiger partial charge in [0.05, 0.1) is 0 Å². The highest BCUT2D eigenvalue weighted by Crippen LogP contribution is 2.24. The SMILES string of the molecule is CCNc1cc(O)c(C)cc1C. The first-order valence-electron chi connectivity index (χ1n) is 4.19. The molecular formula is C10H15NO. The van der Waals surface area contributed by atoms with E-state index < -0.39 is 0 Å². The first kappa shape index (κ1) is 8.91. The lowest BCUT2D eigenvalue weighted by Gasteiger charge is -2.09. The number of hydrogen-bond donors (Lipinski definition) is 2. The Labute approximate surface area is 73.2 Å². The topological polar surface area (TPSA) is 32.3 Å². The van der Waals surface area contributed by atoms with E-state index in [2.05, 4.69) is 5.32 Å². The summed E-state index contributed by atoms with van der Waals surface area (Å²) >= 11 is 0. The van der Waals surface area contributed by atoms with Crippen molar-refractivity contribution in [3.05, 3.63) is 23.3 Å². The molecule has 1 aromatic carbocycles. The zero-order chi connectivity index (χ0) is 9.14. The number of nitrogens with one attached hydrogen (secondary N) is 1. The Morgan fingerprint density at radius 1 is 1.25 bits per heavy atom. The lowest BCUT2D eigenvalue weighted by atomic mass is 10.1. The van der Waals surface area contributed by atoms with Gasteiger partial charge in [0.15, 0.2) is 0 Å². The van der Waals surface area contributed by atoms with Crippen molar-refractivity contribution >= 4 is 5.69 Å². The molecule has 1 aromatic rings. The molecule has 0 atom stereocenters. The van der Waals surface area contributed by atoms with E-state index in [0.29, 0.717) is 5.75 Å². The van der Waals surface area contributed by atoms with Gasteiger partial charge >= 0.3 is 0 Å². The van der Waals surface area contributed by atoms with Crippen molar-refractivity contribution in [3.8, 4) is 5.75 Å². The lowest BCUT2D eigenvalue weighted by molar-refractivity contribution is 0.471. The summed E-state index contributed by atoms with van der Waals surface area (Å²) in [5.74, 6) is 0.358. The number of hydrogen-bond acceptors (Lipinski definition) is 2. The van der Waals surface area contributed by atoms with Gasteiger partial charge in [-0.3, -0.25) is 0 Å². The molecule has 0 spiro atoms. The summed E-state index contributed by atoms with van der Waals surface area (Å²) in [5.41, 5.74) is 3.11. The van der Waals surface area contributed by atoms with Gasteiger partial charge in [-0.25, -0.2) is 0 Å². The van der Waals surface area contributed by atoms with Crippen LogP contribution in [0.1, 0.15) is 18.1 Å². The van der Waals surface area contributed by atoms with Crippen LogP contribution in [0.3, 0.4) is 0 Å². The molecule has 0 fully saturated rings. The second-order valence-electron chi connectivity index (χ2n) is 2.98. The molecule has 0 unspecified atom stereocenters. The fraction of sp³-hybridized carbons (Fsp3) is 0.400. The molecule has 2 N–H and O–H groups in total. The Hall–Kier alpha value is -1.18. The Morgan fingerprint density at radius 2 is 1.92 bits per heavy atom. The molecule has 2 nitrogen and oxygen atoms in total. The Bertz CT molecular complexity index is 281. The summed E-state index contributed by atoms with van der Waals surface area (Å²) in [6.45, 7) is 6.85. The number of phenolic OH excluding ortho intramolecular Hbond substituents is 1. The van der Waals surface area contributed by atoms with Gasteiger partial charge in [-0.1, -0.05) is 6.07 Å². The second kappa shape index (κ2) is 3.48. The Kier molecular flexibility index (Phi) is 2.58. The number of aromatic hydroxyl groups is 1. The summed E-state index contributed by atoms with van der Waals surface area (Å²) in [7, 11) is 0. The average molecular weight is 165 g/mol. The van der Waals surface area contributed by atoms with Crippen LogP contribution in [0.2, 0.25) is 0 Å². The van der Waals surface area contributed by atoms with Gasteiger partial charge in [-0.2, -0.15) is 0 Å². The molecule has 0 bridgehead atoms. The molecule has 1 rings (SSSR count). The highest BCUT2D eigenvalue weighted by Gasteiger charge is 2.01. The van der Waals surface area contributed by atoms with Crippen molar-refractivity contribution in [2.75, 3.05) is 11.9 Å². The van der Waals surface area contributed by atoms with Crippen molar-refractivity contribution in [1.82, 2.24) is 0 Å². The van der Waals surface area contributed by atoms with Crippen molar-refractivity contribution < 1.29 is 5.11 Å². The fourth-order valence-electron chi connectivity index (χ4n) is 1.22. The number of benzene rings is 1. The third-order valence-electron chi connectivity index (χ3n) is 1.91. The molecule has 0 heterocycles. The second-order valence-corrected chi connectivity index (χ2v) is 2.98. The smallest absolute Gasteiger partial charge is 0.120 e. The van der Waals surface area contributed by atoms with Crippen LogP contribution in [0.5, 0.6) is 5.75 Å². The van der Waals surface area contributed by atoms with Gasteiger partial charge in [0.1, 0.15) is 5.75 Å². The maximum Gasteiger partial charge on any atom is 0.120 e. The minimum atomic E-state index is 0.358. The van der Waals surface area contributed by atoms with E-state index >= 15 is 0 Å². The number of rotatable bonds is 2. The van der Waals surface area contributed by atoms with Gasteiger partial charge in [-0.05, 0) is 31.9 Å². The van der Waals surface area contributed by atoms with Gasteiger partial charge in [0.2, 0.25) is 0 Å². The molecular weight excluding hydrogens is 150 g/mol.